The zero-order valence-electron chi connectivity index (χ0n) is 47.7. The predicted octanol–water partition coefficient (Wildman–Crippen LogP) is 23.4. The second kappa shape index (κ2) is 27.9. The van der Waals surface area contributed by atoms with Crippen molar-refractivity contribution in [3.05, 3.63) is 97.1 Å². The van der Waals surface area contributed by atoms with E-state index in [1.807, 2.05) is 0 Å². The molecule has 0 atom stereocenters. The van der Waals surface area contributed by atoms with Gasteiger partial charge in [-0.15, -0.1) is 13.2 Å². The fourth-order valence-corrected chi connectivity index (χ4v) is 9.35. The average molecular weight is 1430 g/mol. The third-order valence-electron chi connectivity index (χ3n) is 15.0. The van der Waals surface area contributed by atoms with Crippen LogP contribution in [0.1, 0.15) is 101 Å². The molecular formula is C58H52F34O2. The van der Waals surface area contributed by atoms with Gasteiger partial charge in [0.2, 0.25) is 0 Å². The molecule has 0 amide bonds. The Morgan fingerprint density at radius 3 is 0.787 bits per heavy atom. The van der Waals surface area contributed by atoms with Crippen LogP contribution in [0.4, 0.5) is 149 Å². The highest BCUT2D eigenvalue weighted by atomic mass is 19.4. The summed E-state index contributed by atoms with van der Waals surface area (Å²) in [6.45, 7) is -0.243. The molecule has 0 fully saturated rings. The van der Waals surface area contributed by atoms with Crippen LogP contribution in [0, 0.1) is 0 Å². The Bertz CT molecular complexity index is 3000. The van der Waals surface area contributed by atoms with Crippen LogP contribution in [0.2, 0.25) is 0 Å². The number of allylic oxidation sites excluding steroid dienone is 2. The Morgan fingerprint density at radius 2 is 0.521 bits per heavy atom. The van der Waals surface area contributed by atoms with Crippen LogP contribution >= 0.6 is 0 Å². The van der Waals surface area contributed by atoms with Crippen molar-refractivity contribution >= 4 is 21.5 Å². The first-order valence-electron chi connectivity index (χ1n) is 27.5. The maximum Gasteiger partial charge on any atom is 0.460 e. The van der Waals surface area contributed by atoms with Gasteiger partial charge in [-0.25, -0.2) is 0 Å². The molecular weight excluding hydrogens is 1370 g/mol. The summed E-state index contributed by atoms with van der Waals surface area (Å²) < 4.78 is 496. The molecule has 0 aliphatic rings. The number of benzene rings is 4. The Hall–Kier alpha value is -5.90. The van der Waals surface area contributed by atoms with E-state index in [0.717, 1.165) is 62.8 Å². The molecule has 0 bridgehead atoms. The molecule has 4 aromatic carbocycles. The van der Waals surface area contributed by atoms with Crippen LogP contribution in [-0.2, 0) is 12.8 Å². The Labute approximate surface area is 510 Å². The third-order valence-corrected chi connectivity index (χ3v) is 15.0. The lowest BCUT2D eigenvalue weighted by molar-refractivity contribution is -0.462. The van der Waals surface area contributed by atoms with Crippen molar-refractivity contribution in [2.45, 2.75) is 198 Å². The second-order valence-corrected chi connectivity index (χ2v) is 21.8. The van der Waals surface area contributed by atoms with Gasteiger partial charge in [0.05, 0.1) is 0 Å². The zero-order valence-corrected chi connectivity index (χ0v) is 47.7. The molecule has 2 nitrogen and oxygen atoms in total. The summed E-state index contributed by atoms with van der Waals surface area (Å²) in [6.07, 6.45) is -3.59. The fraction of sp³-hybridized carbons (Fsp3) is 0.586. The highest BCUT2D eigenvalue weighted by Crippen LogP contribution is 2.66. The van der Waals surface area contributed by atoms with Crippen molar-refractivity contribution in [3.63, 3.8) is 0 Å². The van der Waals surface area contributed by atoms with E-state index in [1.54, 1.807) is 12.2 Å². The van der Waals surface area contributed by atoms with Gasteiger partial charge in [0.1, 0.15) is 11.5 Å². The molecule has 0 saturated carbocycles. The van der Waals surface area contributed by atoms with Gasteiger partial charge >= 0.3 is 95.3 Å². The molecule has 94 heavy (non-hydrogen) atoms. The van der Waals surface area contributed by atoms with Gasteiger partial charge in [-0.05, 0) is 96.2 Å². The SMILES string of the molecule is C=CCCCCCCCCc1ccc2c(-c3c(OCC(F)(F)C(F)(F)C(F)(F)C(F)(F)C(F)(F)C(F)(F)C(F)(F)C(F)(F)F)ccc4cc(CCCCCCCCC=C)ccc34)c(OCC(F)(F)C(F)(F)C(F)(F)C(F)(F)C(F)(F)C(F)(F)C(F)(F)C(F)(F)F)ccc2c1. The number of fused-ring (bicyclic) bond motifs is 2. The molecule has 0 N–H and O–H groups in total. The topological polar surface area (TPSA) is 18.5 Å². The maximum absolute atomic E-state index is 15.6. The predicted molar refractivity (Wildman–Crippen MR) is 272 cm³/mol. The van der Waals surface area contributed by atoms with Crippen LogP contribution in [-0.4, -0.2) is 108 Å². The van der Waals surface area contributed by atoms with Gasteiger partial charge in [0.15, 0.2) is 13.2 Å². The number of unbranched alkanes of at least 4 members (excludes halogenated alkanes) is 12. The van der Waals surface area contributed by atoms with E-state index >= 15 is 35.1 Å². The van der Waals surface area contributed by atoms with E-state index < -0.39 is 142 Å². The Balaban J connectivity index is 2.02. The van der Waals surface area contributed by atoms with Crippen LogP contribution in [0.15, 0.2) is 86.0 Å². The van der Waals surface area contributed by atoms with Gasteiger partial charge in [-0.2, -0.15) is 149 Å². The second-order valence-electron chi connectivity index (χ2n) is 21.8. The molecule has 0 heterocycles. The first kappa shape index (κ1) is 80.5. The van der Waals surface area contributed by atoms with Gasteiger partial charge in [0.25, 0.3) is 0 Å². The lowest BCUT2D eigenvalue weighted by atomic mass is 9.89. The van der Waals surface area contributed by atoms with Gasteiger partial charge in [-0.3, -0.25) is 0 Å². The molecule has 0 aliphatic heterocycles. The molecule has 534 valence electrons. The van der Waals surface area contributed by atoms with E-state index in [4.69, 9.17) is 0 Å². The molecule has 0 aromatic heterocycles. The average Bonchev–Trinajstić information content (AvgIpc) is 0.705. The van der Waals surface area contributed by atoms with Crippen molar-refractivity contribution in [2.24, 2.45) is 0 Å². The normalized spacial score (nSPS) is 14.7. The quantitative estimate of drug-likeness (QED) is 0.0255. The summed E-state index contributed by atoms with van der Waals surface area (Å²) in [7, 11) is 0. The molecule has 4 aromatic rings. The molecule has 4 rings (SSSR count). The van der Waals surface area contributed by atoms with Gasteiger partial charge < -0.3 is 9.47 Å². The van der Waals surface area contributed by atoms with Crippen LogP contribution < -0.4 is 9.47 Å². The van der Waals surface area contributed by atoms with Crippen LogP contribution in [0.5, 0.6) is 11.5 Å². The number of hydrogen-bond donors (Lipinski definition) is 0. The largest absolute Gasteiger partial charge is 0.486 e. The van der Waals surface area contributed by atoms with E-state index in [9.17, 15) is 114 Å². The van der Waals surface area contributed by atoms with E-state index in [1.165, 1.54) is 12.1 Å². The number of aryl methyl sites for hydroxylation is 2. The molecule has 0 aliphatic carbocycles. The summed E-state index contributed by atoms with van der Waals surface area (Å²) in [4.78, 5) is 0. The number of halogens is 34. The lowest BCUT2D eigenvalue weighted by Gasteiger charge is -2.42. The highest BCUT2D eigenvalue weighted by molar-refractivity contribution is 6.10. The summed E-state index contributed by atoms with van der Waals surface area (Å²) in [6, 6.07) is 8.35. The van der Waals surface area contributed by atoms with Crippen molar-refractivity contribution in [1.82, 2.24) is 0 Å². The molecule has 36 heteroatoms. The smallest absolute Gasteiger partial charge is 0.460 e. The van der Waals surface area contributed by atoms with Crippen LogP contribution in [0.3, 0.4) is 0 Å². The minimum Gasteiger partial charge on any atom is -0.486 e. The number of rotatable bonds is 37. The highest BCUT2D eigenvalue weighted by Gasteiger charge is 2.97. The maximum atomic E-state index is 15.6. The van der Waals surface area contributed by atoms with E-state index in [-0.39, 0.29) is 35.7 Å². The van der Waals surface area contributed by atoms with E-state index in [0.29, 0.717) is 74.6 Å². The van der Waals surface area contributed by atoms with Crippen molar-refractivity contribution in [2.75, 3.05) is 13.2 Å². The number of ether oxygens (including phenoxy) is 2. The standard InChI is InChI=1S/C58H52F34O2/c1-3-5-7-9-11-13-15-17-19-33-21-25-37-35(29-33)23-27-39(93-31-43(59,60)45(63,64)47(67,68)49(71,72)51(75,76)53(79,80)55(83,84)57(87,88)89)41(37)42-38-26-22-34(20-18-16-14-12-10-8-6-4-2)30-36(38)24-28-40(42)94-32-44(61,62)46(65,66)48(69,70)50(73,74)52(77,78)54(81,82)56(85,86)58(90,91)92/h3-4,21-30H,1-2,5-20,31-32H2. The Morgan fingerprint density at radius 1 is 0.277 bits per heavy atom. The summed E-state index contributed by atoms with van der Waals surface area (Å²) >= 11 is 0. The minimum atomic E-state index is -9.08. The number of hydrogen-bond acceptors (Lipinski definition) is 2. The first-order chi connectivity index (χ1) is 42.5. The van der Waals surface area contributed by atoms with Crippen molar-refractivity contribution < 1.29 is 159 Å². The summed E-state index contributed by atoms with van der Waals surface area (Å²) in [5.41, 5.74) is -1.87. The zero-order chi connectivity index (χ0) is 72.4. The van der Waals surface area contributed by atoms with Gasteiger partial charge in [-0.1, -0.05) is 112 Å². The number of alkyl halides is 34. The molecule has 0 unspecified atom stereocenters. The minimum absolute atomic E-state index is 0.122. The molecule has 0 spiro atoms. The van der Waals surface area contributed by atoms with Crippen molar-refractivity contribution in [3.8, 4) is 22.6 Å². The first-order valence-corrected chi connectivity index (χ1v) is 27.5. The fourth-order valence-electron chi connectivity index (χ4n) is 9.35. The molecule has 0 saturated heterocycles. The van der Waals surface area contributed by atoms with Crippen LogP contribution in [0.25, 0.3) is 32.7 Å². The van der Waals surface area contributed by atoms with E-state index in [2.05, 4.69) is 22.6 Å². The Kier molecular flexibility index (Phi) is 23.9. The molecule has 0 radical (unpaired) electrons. The third kappa shape index (κ3) is 14.4. The monoisotopic (exact) mass is 1430 g/mol. The lowest BCUT2D eigenvalue weighted by Crippen LogP contribution is -2.74. The van der Waals surface area contributed by atoms with Gasteiger partial charge in [0, 0.05) is 11.1 Å². The summed E-state index contributed by atoms with van der Waals surface area (Å²) in [5.74, 6) is -124. The summed E-state index contributed by atoms with van der Waals surface area (Å²) in [5, 5.41) is -1.97. The van der Waals surface area contributed by atoms with Crippen molar-refractivity contribution in [1.29, 1.82) is 0 Å².